The van der Waals surface area contributed by atoms with Crippen LogP contribution in [0.25, 0.3) is 0 Å². The summed E-state index contributed by atoms with van der Waals surface area (Å²) < 4.78 is 0. The van der Waals surface area contributed by atoms with Crippen molar-refractivity contribution in [3.63, 3.8) is 0 Å². The van der Waals surface area contributed by atoms with E-state index in [0.29, 0.717) is 5.92 Å². The lowest BCUT2D eigenvalue weighted by Crippen LogP contribution is -2.03. The van der Waals surface area contributed by atoms with Crippen molar-refractivity contribution in [3.8, 4) is 0 Å². The predicted molar refractivity (Wildman–Crippen MR) is 73.2 cm³/mol. The Morgan fingerprint density at radius 2 is 2.11 bits per heavy atom. The number of rotatable bonds is 2. The van der Waals surface area contributed by atoms with Crippen molar-refractivity contribution in [2.75, 3.05) is 12.4 Å². The smallest absolute Gasteiger partial charge is 0.132 e. The third-order valence-corrected chi connectivity index (χ3v) is 3.85. The minimum absolute atomic E-state index is 0.295. The third kappa shape index (κ3) is 1.75. The van der Waals surface area contributed by atoms with Gasteiger partial charge in [-0.1, -0.05) is 29.8 Å². The van der Waals surface area contributed by atoms with E-state index in [9.17, 15) is 0 Å². The summed E-state index contributed by atoms with van der Waals surface area (Å²) in [6.07, 6.45) is 3.68. The molecule has 3 rings (SSSR count). The molecule has 1 aromatic heterocycles. The average Bonchev–Trinajstić information content (AvgIpc) is 2.83. The average molecular weight is 260 g/mol. The lowest BCUT2D eigenvalue weighted by molar-refractivity contribution is 0.771. The molecular formula is C14H14ClN3. The molecule has 0 fully saturated rings. The van der Waals surface area contributed by atoms with Crippen LogP contribution in [0.3, 0.4) is 0 Å². The SMILES string of the molecule is CNc1ncnc2c1CCC2c1ccccc1Cl. The molecule has 1 atom stereocenters. The maximum Gasteiger partial charge on any atom is 0.132 e. The molecule has 0 amide bonds. The Morgan fingerprint density at radius 1 is 1.28 bits per heavy atom. The molecular weight excluding hydrogens is 246 g/mol. The Kier molecular flexibility index (Phi) is 2.92. The van der Waals surface area contributed by atoms with E-state index in [1.807, 2.05) is 25.2 Å². The highest BCUT2D eigenvalue weighted by atomic mass is 35.5. The van der Waals surface area contributed by atoms with Crippen LogP contribution in [0.5, 0.6) is 0 Å². The molecule has 0 bridgehead atoms. The third-order valence-electron chi connectivity index (χ3n) is 3.51. The van der Waals surface area contributed by atoms with Crippen molar-refractivity contribution in [2.45, 2.75) is 18.8 Å². The highest BCUT2D eigenvalue weighted by molar-refractivity contribution is 6.31. The van der Waals surface area contributed by atoms with Crippen LogP contribution in [-0.4, -0.2) is 17.0 Å². The van der Waals surface area contributed by atoms with E-state index in [2.05, 4.69) is 21.4 Å². The van der Waals surface area contributed by atoms with Gasteiger partial charge in [-0.2, -0.15) is 0 Å². The van der Waals surface area contributed by atoms with Crippen molar-refractivity contribution in [1.29, 1.82) is 0 Å². The largest absolute Gasteiger partial charge is 0.373 e. The summed E-state index contributed by atoms with van der Waals surface area (Å²) in [5.74, 6) is 1.23. The number of hydrogen-bond acceptors (Lipinski definition) is 3. The second-order valence-electron chi connectivity index (χ2n) is 4.45. The lowest BCUT2D eigenvalue weighted by atomic mass is 9.97. The van der Waals surface area contributed by atoms with Gasteiger partial charge in [-0.25, -0.2) is 9.97 Å². The Bertz CT molecular complexity index is 583. The molecule has 0 radical (unpaired) electrons. The molecule has 0 aliphatic heterocycles. The summed E-state index contributed by atoms with van der Waals surface area (Å²) in [5, 5.41) is 3.95. The minimum atomic E-state index is 0.295. The second kappa shape index (κ2) is 4.58. The molecule has 18 heavy (non-hydrogen) atoms. The maximum absolute atomic E-state index is 6.29. The van der Waals surface area contributed by atoms with Crippen LogP contribution in [0.15, 0.2) is 30.6 Å². The first-order valence-corrected chi connectivity index (χ1v) is 6.45. The number of hydrogen-bond donors (Lipinski definition) is 1. The summed E-state index contributed by atoms with van der Waals surface area (Å²) in [6, 6.07) is 8.01. The van der Waals surface area contributed by atoms with Crippen molar-refractivity contribution in [1.82, 2.24) is 9.97 Å². The first kappa shape index (κ1) is 11.5. The van der Waals surface area contributed by atoms with E-state index in [0.717, 1.165) is 29.4 Å². The predicted octanol–water partition coefficient (Wildman–Crippen LogP) is 3.25. The Labute approximate surface area is 111 Å². The standard InChI is InChI=1S/C14H14ClN3/c1-16-14-11-7-6-10(13(11)17-8-18-14)9-4-2-3-5-12(9)15/h2-5,8,10H,6-7H2,1H3,(H,16,17,18). The van der Waals surface area contributed by atoms with Crippen LogP contribution in [0, 0.1) is 0 Å². The van der Waals surface area contributed by atoms with Crippen LogP contribution in [0.1, 0.15) is 29.2 Å². The quantitative estimate of drug-likeness (QED) is 0.900. The lowest BCUT2D eigenvalue weighted by Gasteiger charge is -2.13. The van der Waals surface area contributed by atoms with E-state index in [1.165, 1.54) is 11.1 Å². The zero-order chi connectivity index (χ0) is 12.5. The van der Waals surface area contributed by atoms with E-state index in [-0.39, 0.29) is 0 Å². The summed E-state index contributed by atoms with van der Waals surface area (Å²) in [5.41, 5.74) is 3.51. The highest BCUT2D eigenvalue weighted by Crippen LogP contribution is 2.41. The van der Waals surface area contributed by atoms with Gasteiger partial charge in [0.05, 0.1) is 5.69 Å². The second-order valence-corrected chi connectivity index (χ2v) is 4.86. The molecule has 1 unspecified atom stereocenters. The normalized spacial score (nSPS) is 17.6. The molecule has 1 heterocycles. The van der Waals surface area contributed by atoms with Gasteiger partial charge in [0.2, 0.25) is 0 Å². The molecule has 3 nitrogen and oxygen atoms in total. The molecule has 1 aliphatic rings. The Balaban J connectivity index is 2.08. The fraction of sp³-hybridized carbons (Fsp3) is 0.286. The Morgan fingerprint density at radius 3 is 2.89 bits per heavy atom. The summed E-state index contributed by atoms with van der Waals surface area (Å²) >= 11 is 6.29. The van der Waals surface area contributed by atoms with Gasteiger partial charge in [0, 0.05) is 23.6 Å². The van der Waals surface area contributed by atoms with Gasteiger partial charge in [-0.05, 0) is 24.5 Å². The fourth-order valence-electron chi connectivity index (χ4n) is 2.67. The first-order chi connectivity index (χ1) is 8.81. The van der Waals surface area contributed by atoms with Crippen LogP contribution < -0.4 is 5.32 Å². The minimum Gasteiger partial charge on any atom is -0.373 e. The van der Waals surface area contributed by atoms with E-state index < -0.39 is 0 Å². The van der Waals surface area contributed by atoms with Crippen molar-refractivity contribution >= 4 is 17.4 Å². The van der Waals surface area contributed by atoms with Crippen molar-refractivity contribution < 1.29 is 0 Å². The van der Waals surface area contributed by atoms with Crippen molar-refractivity contribution in [3.05, 3.63) is 52.4 Å². The number of fused-ring (bicyclic) bond motifs is 1. The fourth-order valence-corrected chi connectivity index (χ4v) is 2.94. The summed E-state index contributed by atoms with van der Waals surface area (Å²) in [6.45, 7) is 0. The van der Waals surface area contributed by atoms with Crippen LogP contribution in [0.4, 0.5) is 5.82 Å². The van der Waals surface area contributed by atoms with Crippen LogP contribution in [0.2, 0.25) is 5.02 Å². The zero-order valence-electron chi connectivity index (χ0n) is 10.2. The molecule has 1 aromatic carbocycles. The number of nitrogens with zero attached hydrogens (tertiary/aromatic N) is 2. The molecule has 92 valence electrons. The van der Waals surface area contributed by atoms with Gasteiger partial charge in [0.25, 0.3) is 0 Å². The molecule has 1 N–H and O–H groups in total. The topological polar surface area (TPSA) is 37.8 Å². The van der Waals surface area contributed by atoms with E-state index in [1.54, 1.807) is 6.33 Å². The number of benzene rings is 1. The Hall–Kier alpha value is -1.61. The monoisotopic (exact) mass is 259 g/mol. The molecule has 1 aliphatic carbocycles. The van der Waals surface area contributed by atoms with Gasteiger partial charge < -0.3 is 5.32 Å². The van der Waals surface area contributed by atoms with Gasteiger partial charge in [-0.15, -0.1) is 0 Å². The van der Waals surface area contributed by atoms with E-state index in [4.69, 9.17) is 11.6 Å². The highest BCUT2D eigenvalue weighted by Gasteiger charge is 2.29. The van der Waals surface area contributed by atoms with Crippen LogP contribution >= 0.6 is 11.6 Å². The molecule has 0 saturated heterocycles. The van der Waals surface area contributed by atoms with Crippen LogP contribution in [-0.2, 0) is 6.42 Å². The van der Waals surface area contributed by atoms with Crippen molar-refractivity contribution in [2.24, 2.45) is 0 Å². The molecule has 2 aromatic rings. The molecule has 0 spiro atoms. The number of anilines is 1. The summed E-state index contributed by atoms with van der Waals surface area (Å²) in [4.78, 5) is 8.72. The van der Waals surface area contributed by atoms with Gasteiger partial charge >= 0.3 is 0 Å². The first-order valence-electron chi connectivity index (χ1n) is 6.07. The van der Waals surface area contributed by atoms with Gasteiger partial charge in [0.1, 0.15) is 12.1 Å². The maximum atomic E-state index is 6.29. The van der Waals surface area contributed by atoms with Gasteiger partial charge in [-0.3, -0.25) is 0 Å². The number of aromatic nitrogens is 2. The zero-order valence-corrected chi connectivity index (χ0v) is 10.9. The van der Waals surface area contributed by atoms with Gasteiger partial charge in [0.15, 0.2) is 0 Å². The number of nitrogens with one attached hydrogen (secondary N) is 1. The molecule has 4 heteroatoms. The molecule has 0 saturated carbocycles. The summed E-state index contributed by atoms with van der Waals surface area (Å²) in [7, 11) is 1.89. The van der Waals surface area contributed by atoms with E-state index >= 15 is 0 Å². The number of halogens is 1.